The summed E-state index contributed by atoms with van der Waals surface area (Å²) >= 11 is 0. The molecular formula is C15H20FNO3. The first-order valence-corrected chi connectivity index (χ1v) is 6.88. The van der Waals surface area contributed by atoms with Gasteiger partial charge in [0, 0.05) is 24.2 Å². The minimum Gasteiger partial charge on any atom is -0.497 e. The maximum absolute atomic E-state index is 14.0. The summed E-state index contributed by atoms with van der Waals surface area (Å²) in [6, 6.07) is 4.94. The van der Waals surface area contributed by atoms with E-state index >= 15 is 0 Å². The number of aliphatic carboxylic acids is 1. The molecule has 5 heteroatoms. The lowest BCUT2D eigenvalue weighted by Gasteiger charge is -2.27. The number of rotatable bonds is 6. The molecule has 0 bridgehead atoms. The highest BCUT2D eigenvalue weighted by atomic mass is 19.1. The zero-order valence-electron chi connectivity index (χ0n) is 11.6. The van der Waals surface area contributed by atoms with E-state index in [1.54, 1.807) is 12.1 Å². The topological polar surface area (TPSA) is 49.8 Å². The lowest BCUT2D eigenvalue weighted by Crippen LogP contribution is -2.37. The van der Waals surface area contributed by atoms with Crippen molar-refractivity contribution in [2.24, 2.45) is 0 Å². The number of carboxylic acids is 1. The van der Waals surface area contributed by atoms with Crippen LogP contribution in [0.3, 0.4) is 0 Å². The van der Waals surface area contributed by atoms with Gasteiger partial charge in [-0.25, -0.2) is 4.39 Å². The van der Waals surface area contributed by atoms with Crippen LogP contribution in [-0.4, -0.2) is 35.7 Å². The quantitative estimate of drug-likeness (QED) is 0.871. The molecule has 0 unspecified atom stereocenters. The van der Waals surface area contributed by atoms with Gasteiger partial charge in [0.2, 0.25) is 0 Å². The van der Waals surface area contributed by atoms with Gasteiger partial charge in [-0.3, -0.25) is 9.69 Å². The smallest absolute Gasteiger partial charge is 0.317 e. The summed E-state index contributed by atoms with van der Waals surface area (Å²) < 4.78 is 18.9. The number of methoxy groups -OCH3 is 1. The Labute approximate surface area is 118 Å². The molecule has 0 aromatic heterocycles. The Balaban J connectivity index is 2.11. The molecule has 1 aliphatic rings. The van der Waals surface area contributed by atoms with Gasteiger partial charge in [0.05, 0.1) is 13.7 Å². The van der Waals surface area contributed by atoms with Gasteiger partial charge in [-0.05, 0) is 18.9 Å². The minimum atomic E-state index is -0.870. The van der Waals surface area contributed by atoms with E-state index in [0.717, 1.165) is 25.7 Å². The first kappa shape index (κ1) is 14.8. The molecule has 0 radical (unpaired) electrons. The van der Waals surface area contributed by atoms with E-state index in [1.807, 2.05) is 4.90 Å². The molecule has 1 aliphatic carbocycles. The highest BCUT2D eigenvalue weighted by Gasteiger charge is 2.25. The number of ether oxygens (including phenoxy) is 1. The maximum Gasteiger partial charge on any atom is 0.317 e. The molecule has 1 saturated carbocycles. The Kier molecular flexibility index (Phi) is 4.95. The second-order valence-corrected chi connectivity index (χ2v) is 5.19. The van der Waals surface area contributed by atoms with Crippen LogP contribution in [0.1, 0.15) is 31.2 Å². The van der Waals surface area contributed by atoms with Crippen LogP contribution in [0.2, 0.25) is 0 Å². The zero-order chi connectivity index (χ0) is 14.5. The van der Waals surface area contributed by atoms with Crippen molar-refractivity contribution in [2.45, 2.75) is 38.3 Å². The summed E-state index contributed by atoms with van der Waals surface area (Å²) in [5.74, 6) is -0.750. The number of hydrogen-bond donors (Lipinski definition) is 1. The second-order valence-electron chi connectivity index (χ2n) is 5.19. The Morgan fingerprint density at radius 1 is 1.45 bits per heavy atom. The van der Waals surface area contributed by atoms with Gasteiger partial charge in [0.25, 0.3) is 0 Å². The molecule has 0 spiro atoms. The summed E-state index contributed by atoms with van der Waals surface area (Å²) in [6.45, 7) is 0.281. The molecule has 1 fully saturated rings. The Morgan fingerprint density at radius 2 is 2.15 bits per heavy atom. The van der Waals surface area contributed by atoms with Gasteiger partial charge in [-0.2, -0.15) is 0 Å². The normalized spacial score (nSPS) is 15.8. The Hall–Kier alpha value is -1.62. The van der Waals surface area contributed by atoms with E-state index in [-0.39, 0.29) is 18.4 Å². The van der Waals surface area contributed by atoms with E-state index in [2.05, 4.69) is 0 Å². The largest absolute Gasteiger partial charge is 0.497 e. The van der Waals surface area contributed by atoms with Crippen LogP contribution >= 0.6 is 0 Å². The van der Waals surface area contributed by atoms with Crippen LogP contribution in [-0.2, 0) is 11.3 Å². The third kappa shape index (κ3) is 3.70. The average molecular weight is 281 g/mol. The summed E-state index contributed by atoms with van der Waals surface area (Å²) in [7, 11) is 1.49. The predicted octanol–water partition coefficient (Wildman–Crippen LogP) is 2.66. The first-order valence-electron chi connectivity index (χ1n) is 6.88. The number of carbonyl (C=O) groups is 1. The lowest BCUT2D eigenvalue weighted by molar-refractivity contribution is -0.139. The summed E-state index contributed by atoms with van der Waals surface area (Å²) in [6.07, 6.45) is 4.22. The lowest BCUT2D eigenvalue weighted by atomic mass is 10.1. The minimum absolute atomic E-state index is 0.0455. The van der Waals surface area contributed by atoms with Gasteiger partial charge >= 0.3 is 5.97 Å². The molecule has 20 heavy (non-hydrogen) atoms. The molecule has 4 nitrogen and oxygen atoms in total. The van der Waals surface area contributed by atoms with E-state index in [4.69, 9.17) is 9.84 Å². The van der Waals surface area contributed by atoms with E-state index in [9.17, 15) is 9.18 Å². The predicted molar refractivity (Wildman–Crippen MR) is 73.3 cm³/mol. The van der Waals surface area contributed by atoms with Crippen molar-refractivity contribution in [3.05, 3.63) is 29.6 Å². The van der Waals surface area contributed by atoms with Gasteiger partial charge in [0.15, 0.2) is 0 Å². The van der Waals surface area contributed by atoms with Crippen LogP contribution in [0.4, 0.5) is 4.39 Å². The summed E-state index contributed by atoms with van der Waals surface area (Å²) in [5.41, 5.74) is 0.513. The van der Waals surface area contributed by atoms with Crippen molar-refractivity contribution in [3.63, 3.8) is 0 Å². The number of hydrogen-bond acceptors (Lipinski definition) is 3. The monoisotopic (exact) mass is 281 g/mol. The zero-order valence-corrected chi connectivity index (χ0v) is 11.6. The SMILES string of the molecule is COc1ccc(CN(CC(=O)O)C2CCCC2)c(F)c1. The molecule has 2 rings (SSSR count). The van der Waals surface area contributed by atoms with Crippen LogP contribution in [0.15, 0.2) is 18.2 Å². The average Bonchev–Trinajstić information content (AvgIpc) is 2.93. The van der Waals surface area contributed by atoms with Gasteiger partial charge in [-0.1, -0.05) is 18.9 Å². The fourth-order valence-electron chi connectivity index (χ4n) is 2.76. The van der Waals surface area contributed by atoms with Crippen LogP contribution in [0.5, 0.6) is 5.75 Å². The number of benzene rings is 1. The van der Waals surface area contributed by atoms with Crippen molar-refractivity contribution in [1.82, 2.24) is 4.90 Å². The second kappa shape index (κ2) is 6.70. The van der Waals surface area contributed by atoms with Crippen molar-refractivity contribution in [3.8, 4) is 5.75 Å². The Bertz CT molecular complexity index is 472. The molecule has 0 heterocycles. The van der Waals surface area contributed by atoms with Crippen molar-refractivity contribution >= 4 is 5.97 Å². The fraction of sp³-hybridized carbons (Fsp3) is 0.533. The summed E-state index contributed by atoms with van der Waals surface area (Å²) in [4.78, 5) is 12.8. The van der Waals surface area contributed by atoms with E-state index in [1.165, 1.54) is 13.2 Å². The van der Waals surface area contributed by atoms with Gasteiger partial charge < -0.3 is 9.84 Å². The Morgan fingerprint density at radius 3 is 2.70 bits per heavy atom. The molecule has 0 amide bonds. The third-order valence-electron chi connectivity index (χ3n) is 3.81. The molecule has 0 saturated heterocycles. The molecule has 1 aromatic carbocycles. The molecular weight excluding hydrogens is 261 g/mol. The van der Waals surface area contributed by atoms with Crippen molar-refractivity contribution < 1.29 is 19.0 Å². The standard InChI is InChI=1S/C15H20FNO3/c1-20-13-7-6-11(14(16)8-13)9-17(10-15(18)19)12-4-2-3-5-12/h6-8,12H,2-5,9-10H2,1H3,(H,18,19). The van der Waals surface area contributed by atoms with E-state index in [0.29, 0.717) is 17.9 Å². The van der Waals surface area contributed by atoms with Crippen LogP contribution < -0.4 is 4.74 Å². The van der Waals surface area contributed by atoms with Crippen molar-refractivity contribution in [1.29, 1.82) is 0 Å². The molecule has 110 valence electrons. The fourth-order valence-corrected chi connectivity index (χ4v) is 2.76. The van der Waals surface area contributed by atoms with Gasteiger partial charge in [-0.15, -0.1) is 0 Å². The summed E-state index contributed by atoms with van der Waals surface area (Å²) in [5, 5.41) is 9.02. The number of carboxylic acid groups (broad SMARTS) is 1. The van der Waals surface area contributed by atoms with Crippen LogP contribution in [0.25, 0.3) is 0 Å². The highest BCUT2D eigenvalue weighted by Crippen LogP contribution is 2.26. The van der Waals surface area contributed by atoms with Gasteiger partial charge in [0.1, 0.15) is 11.6 Å². The molecule has 1 N–H and O–H groups in total. The van der Waals surface area contributed by atoms with Crippen molar-refractivity contribution in [2.75, 3.05) is 13.7 Å². The molecule has 0 aliphatic heterocycles. The van der Waals surface area contributed by atoms with Crippen LogP contribution in [0, 0.1) is 5.82 Å². The maximum atomic E-state index is 14.0. The molecule has 1 aromatic rings. The third-order valence-corrected chi connectivity index (χ3v) is 3.81. The van der Waals surface area contributed by atoms with E-state index < -0.39 is 5.97 Å². The number of nitrogens with zero attached hydrogens (tertiary/aromatic N) is 1. The number of halogens is 1. The highest BCUT2D eigenvalue weighted by molar-refractivity contribution is 5.69. The first-order chi connectivity index (χ1) is 9.60. The molecule has 0 atom stereocenters.